The molecular formula is C28H37FN4O3S. The van der Waals surface area contributed by atoms with Crippen LogP contribution in [0, 0.1) is 11.7 Å². The Bertz CT molecular complexity index is 1390. The largest absolute Gasteiger partial charge is 0.366 e. The van der Waals surface area contributed by atoms with Crippen molar-refractivity contribution >= 4 is 26.8 Å². The van der Waals surface area contributed by atoms with Crippen LogP contribution in [0.15, 0.2) is 36.5 Å². The van der Waals surface area contributed by atoms with Crippen molar-refractivity contribution in [3.8, 4) is 11.1 Å². The number of carbonyl (C=O) groups excluding carboxylic acids is 1. The first kappa shape index (κ1) is 27.3. The van der Waals surface area contributed by atoms with Crippen molar-refractivity contribution in [3.63, 3.8) is 0 Å². The van der Waals surface area contributed by atoms with Crippen LogP contribution in [0.1, 0.15) is 67.9 Å². The Hall–Kier alpha value is -2.75. The van der Waals surface area contributed by atoms with Crippen LogP contribution < -0.4 is 11.1 Å². The van der Waals surface area contributed by atoms with Crippen molar-refractivity contribution < 1.29 is 17.6 Å². The molecule has 4 rings (SSSR count). The van der Waals surface area contributed by atoms with E-state index in [-0.39, 0.29) is 23.5 Å². The monoisotopic (exact) mass is 528 g/mol. The number of H-pyrrole nitrogens is 1. The van der Waals surface area contributed by atoms with Crippen LogP contribution in [0.3, 0.4) is 0 Å². The van der Waals surface area contributed by atoms with Crippen LogP contribution in [-0.4, -0.2) is 48.5 Å². The van der Waals surface area contributed by atoms with Crippen molar-refractivity contribution in [2.24, 2.45) is 11.7 Å². The Kier molecular flexibility index (Phi) is 8.06. The first-order chi connectivity index (χ1) is 17.5. The van der Waals surface area contributed by atoms with Gasteiger partial charge in [0.2, 0.25) is 10.0 Å². The minimum Gasteiger partial charge on any atom is -0.366 e. The molecule has 1 amide bonds. The van der Waals surface area contributed by atoms with E-state index in [9.17, 15) is 17.6 Å². The van der Waals surface area contributed by atoms with E-state index in [2.05, 4.69) is 31.1 Å². The summed E-state index contributed by atoms with van der Waals surface area (Å²) >= 11 is 0. The number of sulfonamides is 1. The molecule has 0 radical (unpaired) electrons. The molecule has 9 heteroatoms. The standard InChI is InChI=1S/C28H37FN4O3S/c1-5-37(35,36)33-8-6-20(7-9-33)26-16-32-27-24(26)13-22(14-25(27)28(30)34)21-10-19(11-23(29)12-21)15-31-18(4)17(2)3/h10-14,16-18,20,31-32H,5-9,15H2,1-4H3,(H2,30,34)/t18-/m1/s1. The molecule has 4 N–H and O–H groups in total. The number of nitrogens with two attached hydrogens (primary N) is 1. The van der Waals surface area contributed by atoms with Crippen molar-refractivity contribution in [1.29, 1.82) is 0 Å². The number of hydrogen-bond acceptors (Lipinski definition) is 4. The van der Waals surface area contributed by atoms with Crippen LogP contribution in [0.4, 0.5) is 4.39 Å². The summed E-state index contributed by atoms with van der Waals surface area (Å²) in [6, 6.07) is 8.91. The van der Waals surface area contributed by atoms with Gasteiger partial charge in [0.25, 0.3) is 5.91 Å². The number of amides is 1. The van der Waals surface area contributed by atoms with E-state index in [1.54, 1.807) is 17.3 Å². The van der Waals surface area contributed by atoms with E-state index in [0.717, 1.165) is 16.5 Å². The van der Waals surface area contributed by atoms with Crippen LogP contribution in [0.25, 0.3) is 22.0 Å². The van der Waals surface area contributed by atoms with E-state index in [0.29, 0.717) is 60.6 Å². The number of fused-ring (bicyclic) bond motifs is 1. The molecule has 1 aliphatic rings. The summed E-state index contributed by atoms with van der Waals surface area (Å²) in [5, 5.41) is 4.30. The van der Waals surface area contributed by atoms with Gasteiger partial charge >= 0.3 is 0 Å². The Labute approximate surface area is 218 Å². The molecule has 0 saturated carbocycles. The predicted molar refractivity (Wildman–Crippen MR) is 146 cm³/mol. The highest BCUT2D eigenvalue weighted by Crippen LogP contribution is 2.37. The second-order valence-electron chi connectivity index (χ2n) is 10.4. The minimum absolute atomic E-state index is 0.0949. The smallest absolute Gasteiger partial charge is 0.250 e. The summed E-state index contributed by atoms with van der Waals surface area (Å²) in [5.41, 5.74) is 9.98. The fraction of sp³-hybridized carbons (Fsp3) is 0.464. The average Bonchev–Trinajstić information content (AvgIpc) is 3.30. The first-order valence-corrected chi connectivity index (χ1v) is 14.6. The average molecular weight is 529 g/mol. The van der Waals surface area contributed by atoms with Gasteiger partial charge < -0.3 is 16.0 Å². The Morgan fingerprint density at radius 1 is 1.14 bits per heavy atom. The number of aromatic nitrogens is 1. The van der Waals surface area contributed by atoms with Gasteiger partial charge in [0, 0.05) is 37.3 Å². The maximum absolute atomic E-state index is 14.7. The predicted octanol–water partition coefficient (Wildman–Crippen LogP) is 4.74. The highest BCUT2D eigenvalue weighted by Gasteiger charge is 2.29. The maximum Gasteiger partial charge on any atom is 0.250 e. The Balaban J connectivity index is 1.70. The maximum atomic E-state index is 14.7. The lowest BCUT2D eigenvalue weighted by Gasteiger charge is -2.31. The molecule has 0 spiro atoms. The van der Waals surface area contributed by atoms with Gasteiger partial charge in [0.05, 0.1) is 16.8 Å². The molecule has 1 atom stereocenters. The Morgan fingerprint density at radius 3 is 2.43 bits per heavy atom. The van der Waals surface area contributed by atoms with Gasteiger partial charge in [0.1, 0.15) is 5.82 Å². The molecule has 7 nitrogen and oxygen atoms in total. The fourth-order valence-corrected chi connectivity index (χ4v) is 6.15. The summed E-state index contributed by atoms with van der Waals surface area (Å²) in [6.45, 7) is 9.49. The van der Waals surface area contributed by atoms with Gasteiger partial charge in [-0.1, -0.05) is 13.8 Å². The molecule has 1 aromatic heterocycles. The lowest BCUT2D eigenvalue weighted by atomic mass is 9.88. The van der Waals surface area contributed by atoms with E-state index in [1.165, 1.54) is 12.1 Å². The molecule has 0 aliphatic carbocycles. The van der Waals surface area contributed by atoms with Gasteiger partial charge in [0.15, 0.2) is 0 Å². The number of benzene rings is 2. The van der Waals surface area contributed by atoms with Gasteiger partial charge in [-0.15, -0.1) is 0 Å². The number of primary amides is 1. The fourth-order valence-electron chi connectivity index (χ4n) is 5.01. The molecule has 200 valence electrons. The van der Waals surface area contributed by atoms with Crippen LogP contribution >= 0.6 is 0 Å². The summed E-state index contributed by atoms with van der Waals surface area (Å²) in [5.74, 6) is -0.219. The molecule has 0 bridgehead atoms. The zero-order chi connectivity index (χ0) is 26.9. The van der Waals surface area contributed by atoms with E-state index >= 15 is 0 Å². The normalized spacial score (nSPS) is 16.5. The molecule has 1 saturated heterocycles. The second-order valence-corrected chi connectivity index (χ2v) is 12.6. The molecular weight excluding hydrogens is 491 g/mol. The third-order valence-electron chi connectivity index (χ3n) is 7.66. The zero-order valence-electron chi connectivity index (χ0n) is 22.0. The third kappa shape index (κ3) is 5.89. The van der Waals surface area contributed by atoms with Gasteiger partial charge in [-0.05, 0) is 91.1 Å². The van der Waals surface area contributed by atoms with Crippen LogP contribution in [0.5, 0.6) is 0 Å². The highest BCUT2D eigenvalue weighted by molar-refractivity contribution is 7.89. The number of aromatic amines is 1. The lowest BCUT2D eigenvalue weighted by molar-refractivity contribution is 0.100. The first-order valence-electron chi connectivity index (χ1n) is 13.0. The minimum atomic E-state index is -3.22. The Morgan fingerprint density at radius 2 is 1.81 bits per heavy atom. The number of nitrogens with zero attached hydrogens (tertiary/aromatic N) is 1. The molecule has 2 heterocycles. The van der Waals surface area contributed by atoms with Crippen LogP contribution in [0.2, 0.25) is 0 Å². The number of rotatable bonds is 9. The summed E-state index contributed by atoms with van der Waals surface area (Å²) in [4.78, 5) is 15.6. The molecule has 37 heavy (non-hydrogen) atoms. The van der Waals surface area contributed by atoms with Crippen molar-refractivity contribution in [3.05, 3.63) is 59.0 Å². The van der Waals surface area contributed by atoms with E-state index < -0.39 is 15.9 Å². The van der Waals surface area contributed by atoms with Gasteiger partial charge in [-0.25, -0.2) is 17.1 Å². The summed E-state index contributed by atoms with van der Waals surface area (Å²) in [6.07, 6.45) is 3.27. The van der Waals surface area contributed by atoms with E-state index in [4.69, 9.17) is 5.73 Å². The highest BCUT2D eigenvalue weighted by atomic mass is 32.2. The molecule has 1 aliphatic heterocycles. The zero-order valence-corrected chi connectivity index (χ0v) is 22.8. The third-order valence-corrected chi connectivity index (χ3v) is 9.54. The molecule has 2 aromatic carbocycles. The number of carbonyl (C=O) groups is 1. The summed E-state index contributed by atoms with van der Waals surface area (Å²) in [7, 11) is -3.22. The quantitative estimate of drug-likeness (QED) is 0.373. The number of nitrogens with one attached hydrogen (secondary N) is 2. The van der Waals surface area contributed by atoms with Crippen LogP contribution in [-0.2, 0) is 16.6 Å². The molecule has 0 unspecified atom stereocenters. The van der Waals surface area contributed by atoms with Crippen molar-refractivity contribution in [2.75, 3.05) is 18.8 Å². The number of hydrogen-bond donors (Lipinski definition) is 3. The summed E-state index contributed by atoms with van der Waals surface area (Å²) < 4.78 is 40.8. The number of piperidine rings is 1. The molecule has 1 fully saturated rings. The molecule has 3 aromatic rings. The number of halogens is 1. The second kappa shape index (κ2) is 10.9. The van der Waals surface area contributed by atoms with Crippen molar-refractivity contribution in [2.45, 2.75) is 59.0 Å². The van der Waals surface area contributed by atoms with Gasteiger partial charge in [-0.3, -0.25) is 4.79 Å². The SMILES string of the molecule is CCS(=O)(=O)N1CCC(c2c[nH]c3c(C(N)=O)cc(-c4cc(F)cc(CN[C@H](C)C(C)C)c4)cc23)CC1. The lowest BCUT2D eigenvalue weighted by Crippen LogP contribution is -2.38. The topological polar surface area (TPSA) is 108 Å². The van der Waals surface area contributed by atoms with Crippen molar-refractivity contribution in [1.82, 2.24) is 14.6 Å². The van der Waals surface area contributed by atoms with E-state index in [1.807, 2.05) is 18.3 Å². The van der Waals surface area contributed by atoms with Gasteiger partial charge in [-0.2, -0.15) is 0 Å².